The minimum absolute atomic E-state index is 0.0218. The summed E-state index contributed by atoms with van der Waals surface area (Å²) in [5.41, 5.74) is 1.39. The summed E-state index contributed by atoms with van der Waals surface area (Å²) in [6, 6.07) is 6.98. The molecule has 29 heavy (non-hydrogen) atoms. The third kappa shape index (κ3) is 4.40. The smallest absolute Gasteiger partial charge is 0.356 e. The molecule has 9 heteroatoms. The van der Waals surface area contributed by atoms with Crippen LogP contribution >= 0.6 is 15.9 Å². The van der Waals surface area contributed by atoms with E-state index in [0.29, 0.717) is 10.5 Å². The lowest BCUT2D eigenvalue weighted by Crippen LogP contribution is -2.52. The van der Waals surface area contributed by atoms with Gasteiger partial charge >= 0.3 is 5.97 Å². The highest BCUT2D eigenvalue weighted by molar-refractivity contribution is 9.10. The molecule has 1 aromatic rings. The number of nitrogens with zero attached hydrogens (tertiary/aromatic N) is 1. The van der Waals surface area contributed by atoms with Crippen LogP contribution in [0, 0.1) is 0 Å². The fraction of sp³-hybridized carbons (Fsp3) is 0.250. The highest BCUT2D eigenvalue weighted by Crippen LogP contribution is 2.43. The van der Waals surface area contributed by atoms with E-state index >= 15 is 0 Å². The fourth-order valence-electron chi connectivity index (χ4n) is 3.16. The van der Waals surface area contributed by atoms with Crippen LogP contribution < -0.4 is 5.32 Å². The summed E-state index contributed by atoms with van der Waals surface area (Å²) in [6.07, 6.45) is 3.25. The number of β-lactam (4-membered cyclic amide) rings is 1. The Morgan fingerprint density at radius 3 is 2.66 bits per heavy atom. The number of amides is 2. The van der Waals surface area contributed by atoms with Crippen molar-refractivity contribution in [2.24, 2.45) is 0 Å². The summed E-state index contributed by atoms with van der Waals surface area (Å²) in [7, 11) is -1.69. The van der Waals surface area contributed by atoms with Crippen LogP contribution in [-0.2, 0) is 36.5 Å². The molecule has 2 aliphatic heterocycles. The fourth-order valence-corrected chi connectivity index (χ4v) is 4.47. The third-order valence-electron chi connectivity index (χ3n) is 4.53. The van der Waals surface area contributed by atoms with Gasteiger partial charge in [0.15, 0.2) is 0 Å². The monoisotopic (exact) mass is 478 g/mol. The summed E-state index contributed by atoms with van der Waals surface area (Å²) in [6.45, 7) is 3.11. The van der Waals surface area contributed by atoms with Crippen LogP contribution in [0.4, 0.5) is 0 Å². The molecule has 1 unspecified atom stereocenters. The van der Waals surface area contributed by atoms with Gasteiger partial charge in [-0.25, -0.2) is 9.00 Å². The number of fused-ring (bicyclic) bond motifs is 1. The molecule has 1 saturated heterocycles. The average Bonchev–Trinajstić information content (AvgIpc) is 3.03. The van der Waals surface area contributed by atoms with Crippen molar-refractivity contribution in [1.29, 1.82) is 0 Å². The van der Waals surface area contributed by atoms with E-state index in [1.807, 2.05) is 24.3 Å². The Bertz CT molecular complexity index is 981. The molecule has 7 nitrogen and oxygen atoms in total. The maximum atomic E-state index is 12.8. The number of hydrogen-bond donors (Lipinski definition) is 1. The van der Waals surface area contributed by atoms with Gasteiger partial charge in [-0.05, 0) is 24.6 Å². The first-order valence-electron chi connectivity index (χ1n) is 8.82. The van der Waals surface area contributed by atoms with Crippen LogP contribution in [0.2, 0.25) is 0 Å². The van der Waals surface area contributed by atoms with E-state index in [1.54, 1.807) is 13.0 Å². The van der Waals surface area contributed by atoms with Gasteiger partial charge in [0.05, 0.1) is 21.7 Å². The molecule has 0 saturated carbocycles. The van der Waals surface area contributed by atoms with Gasteiger partial charge in [0.2, 0.25) is 5.91 Å². The van der Waals surface area contributed by atoms with E-state index in [2.05, 4.69) is 21.2 Å². The lowest BCUT2D eigenvalue weighted by Gasteiger charge is -2.38. The lowest BCUT2D eigenvalue weighted by atomic mass is 9.94. The van der Waals surface area contributed by atoms with E-state index in [1.165, 1.54) is 23.4 Å². The summed E-state index contributed by atoms with van der Waals surface area (Å²) in [4.78, 5) is 37.8. The van der Waals surface area contributed by atoms with Crippen molar-refractivity contribution in [3.63, 3.8) is 0 Å². The van der Waals surface area contributed by atoms with Gasteiger partial charge < -0.3 is 10.1 Å². The summed E-state index contributed by atoms with van der Waals surface area (Å²) >= 11 is 3.34. The molecule has 3 rings (SSSR count). The Morgan fingerprint density at radius 1 is 1.34 bits per heavy atom. The predicted molar refractivity (Wildman–Crippen MR) is 111 cm³/mol. The maximum absolute atomic E-state index is 12.8. The Balaban J connectivity index is 1.82. The largest absolute Gasteiger partial charge is 0.456 e. The van der Waals surface area contributed by atoms with E-state index in [0.717, 1.165) is 10.0 Å². The standard InChI is InChI=1S/C20H19BrN2O5S/c1-3-15-16-10-17(29(27)9-8-22-12(2)24)18(23(16)19(15)25)20(26)28-11-13-4-6-14(21)7-5-13/h3-9,16H,10-11H2,1-2H3,(H,22,24)/t16-,29?/m1/s1. The number of halogens is 1. The van der Waals surface area contributed by atoms with Gasteiger partial charge in [0.1, 0.15) is 12.3 Å². The van der Waals surface area contributed by atoms with Crippen LogP contribution in [0.3, 0.4) is 0 Å². The molecule has 0 aromatic heterocycles. The molecule has 2 amide bonds. The van der Waals surface area contributed by atoms with Crippen molar-refractivity contribution >= 4 is 44.5 Å². The molecule has 2 heterocycles. The Morgan fingerprint density at radius 2 is 2.03 bits per heavy atom. The van der Waals surface area contributed by atoms with E-state index in [9.17, 15) is 18.6 Å². The number of carbonyl (C=O) groups excluding carboxylic acids is 3. The minimum atomic E-state index is -1.69. The van der Waals surface area contributed by atoms with Crippen LogP contribution in [0.1, 0.15) is 25.8 Å². The van der Waals surface area contributed by atoms with E-state index < -0.39 is 16.8 Å². The second-order valence-corrected chi connectivity index (χ2v) is 8.69. The zero-order valence-electron chi connectivity index (χ0n) is 15.8. The predicted octanol–water partition coefficient (Wildman–Crippen LogP) is 2.62. The second-order valence-electron chi connectivity index (χ2n) is 6.41. The van der Waals surface area contributed by atoms with Gasteiger partial charge in [0, 0.05) is 35.0 Å². The molecule has 2 atom stereocenters. The van der Waals surface area contributed by atoms with Crippen LogP contribution in [0.25, 0.3) is 0 Å². The molecule has 1 N–H and O–H groups in total. The van der Waals surface area contributed by atoms with Crippen molar-refractivity contribution in [2.45, 2.75) is 32.9 Å². The molecular formula is C20H19BrN2O5S. The molecule has 0 radical (unpaired) electrons. The van der Waals surface area contributed by atoms with E-state index in [-0.39, 0.29) is 36.6 Å². The molecule has 0 aliphatic carbocycles. The number of rotatable bonds is 6. The van der Waals surface area contributed by atoms with Crippen LogP contribution in [0.15, 0.2) is 62.6 Å². The minimum Gasteiger partial charge on any atom is -0.456 e. The van der Waals surface area contributed by atoms with Gasteiger partial charge in [-0.15, -0.1) is 0 Å². The normalized spacial score (nSPS) is 20.7. The van der Waals surface area contributed by atoms with Crippen molar-refractivity contribution < 1.29 is 23.3 Å². The van der Waals surface area contributed by atoms with Crippen molar-refractivity contribution in [3.8, 4) is 0 Å². The van der Waals surface area contributed by atoms with Gasteiger partial charge in [-0.3, -0.25) is 14.5 Å². The van der Waals surface area contributed by atoms with Crippen LogP contribution in [-0.4, -0.2) is 32.9 Å². The highest BCUT2D eigenvalue weighted by atomic mass is 79.9. The number of ether oxygens (including phenoxy) is 1. The average molecular weight is 479 g/mol. The maximum Gasteiger partial charge on any atom is 0.356 e. The molecular weight excluding hydrogens is 460 g/mol. The van der Waals surface area contributed by atoms with Gasteiger partial charge in [-0.2, -0.15) is 0 Å². The zero-order chi connectivity index (χ0) is 21.1. The summed E-state index contributed by atoms with van der Waals surface area (Å²) in [5, 5.41) is 3.70. The van der Waals surface area contributed by atoms with Crippen LogP contribution in [0.5, 0.6) is 0 Å². The SMILES string of the molecule is CC=C1C(=O)N2C(C(=O)OCc3ccc(Br)cc3)=C(S(=O)C=CNC(C)=O)C[C@H]12. The van der Waals surface area contributed by atoms with Crippen molar-refractivity contribution in [1.82, 2.24) is 10.2 Å². The quantitative estimate of drug-likeness (QED) is 0.385. The number of allylic oxidation sites excluding steroid dienone is 1. The van der Waals surface area contributed by atoms with E-state index in [4.69, 9.17) is 4.74 Å². The first-order chi connectivity index (χ1) is 13.8. The third-order valence-corrected chi connectivity index (χ3v) is 6.29. The Kier molecular flexibility index (Phi) is 6.49. The topological polar surface area (TPSA) is 92.8 Å². The number of hydrogen-bond acceptors (Lipinski definition) is 5. The molecule has 0 spiro atoms. The first-order valence-corrected chi connectivity index (χ1v) is 10.8. The molecule has 1 fully saturated rings. The Labute approximate surface area is 179 Å². The molecule has 0 bridgehead atoms. The highest BCUT2D eigenvalue weighted by Gasteiger charge is 2.52. The summed E-state index contributed by atoms with van der Waals surface area (Å²) < 4.78 is 19.0. The first kappa shape index (κ1) is 21.2. The second kappa shape index (κ2) is 8.87. The number of nitrogens with one attached hydrogen (secondary N) is 1. The lowest BCUT2D eigenvalue weighted by molar-refractivity contribution is -0.147. The number of esters is 1. The number of benzene rings is 1. The molecule has 152 valence electrons. The molecule has 2 aliphatic rings. The van der Waals surface area contributed by atoms with Crippen molar-refractivity contribution in [3.05, 3.63) is 68.2 Å². The summed E-state index contributed by atoms with van der Waals surface area (Å²) in [5.74, 6) is -1.29. The zero-order valence-corrected chi connectivity index (χ0v) is 18.2. The van der Waals surface area contributed by atoms with Crippen molar-refractivity contribution in [2.75, 3.05) is 0 Å². The number of carbonyl (C=O) groups is 3. The van der Waals surface area contributed by atoms with Gasteiger partial charge in [-0.1, -0.05) is 34.1 Å². The molecule has 1 aromatic carbocycles. The van der Waals surface area contributed by atoms with Gasteiger partial charge in [0.25, 0.3) is 5.91 Å². The Hall–Kier alpha value is -2.52.